The minimum absolute atomic E-state index is 0.0248. The number of benzene rings is 2. The highest BCUT2D eigenvalue weighted by molar-refractivity contribution is 7.92. The Bertz CT molecular complexity index is 1350. The van der Waals surface area contributed by atoms with Gasteiger partial charge >= 0.3 is 0 Å². The van der Waals surface area contributed by atoms with E-state index < -0.39 is 16.1 Å². The summed E-state index contributed by atoms with van der Waals surface area (Å²) in [5.74, 6) is -0.0396. The lowest BCUT2D eigenvalue weighted by Gasteiger charge is -2.17. The summed E-state index contributed by atoms with van der Waals surface area (Å²) in [6, 6.07) is 15.1. The van der Waals surface area contributed by atoms with Gasteiger partial charge in [-0.05, 0) is 37.3 Å². The lowest BCUT2D eigenvalue weighted by Crippen LogP contribution is -2.17. The van der Waals surface area contributed by atoms with Crippen LogP contribution in [-0.2, 0) is 10.0 Å². The normalized spacial score (nSPS) is 12.5. The van der Waals surface area contributed by atoms with Crippen LogP contribution in [0.25, 0.3) is 11.0 Å². The summed E-state index contributed by atoms with van der Waals surface area (Å²) in [5.41, 5.74) is 1.85. The average Bonchev–Trinajstić information content (AvgIpc) is 2.76. The molecule has 1 N–H and O–H groups in total. The molecule has 0 bridgehead atoms. The van der Waals surface area contributed by atoms with Crippen molar-refractivity contribution < 1.29 is 13.2 Å². The highest BCUT2D eigenvalue weighted by Crippen LogP contribution is 2.33. The number of aromatic nitrogens is 3. The number of pyridine rings is 1. The van der Waals surface area contributed by atoms with Gasteiger partial charge in [-0.25, -0.2) is 18.4 Å². The highest BCUT2D eigenvalue weighted by atomic mass is 35.5. The standard InChI is InChI=1S/C21H16Cl2N4O3S/c1-13(14-6-5-11-24-12-14)30-21-20(25-16-8-2-3-9-17(16)26-21)27-31(28,29)18-10-4-7-15(22)19(18)23/h2-13H,1H3,(H,25,27). The zero-order valence-electron chi connectivity index (χ0n) is 16.2. The summed E-state index contributed by atoms with van der Waals surface area (Å²) in [4.78, 5) is 12.8. The average molecular weight is 475 g/mol. The lowest BCUT2D eigenvalue weighted by atomic mass is 10.2. The number of ether oxygens (including phenoxy) is 1. The van der Waals surface area contributed by atoms with E-state index in [-0.39, 0.29) is 26.6 Å². The van der Waals surface area contributed by atoms with Crippen molar-refractivity contribution in [3.05, 3.63) is 82.6 Å². The number of rotatable bonds is 6. The van der Waals surface area contributed by atoms with Gasteiger partial charge in [0.05, 0.1) is 21.1 Å². The molecule has 0 amide bonds. The molecular formula is C21H16Cl2N4O3S. The number of hydrogen-bond acceptors (Lipinski definition) is 6. The molecule has 0 aliphatic carbocycles. The van der Waals surface area contributed by atoms with Gasteiger partial charge in [-0.3, -0.25) is 9.71 Å². The number of sulfonamides is 1. The van der Waals surface area contributed by atoms with Crippen molar-refractivity contribution >= 4 is 50.1 Å². The fourth-order valence-corrected chi connectivity index (χ4v) is 4.62. The SMILES string of the molecule is CC(Oc1nc2ccccc2nc1NS(=O)(=O)c1cccc(Cl)c1Cl)c1cccnc1. The third kappa shape index (κ3) is 4.56. The molecule has 1 atom stereocenters. The quantitative estimate of drug-likeness (QED) is 0.408. The number of anilines is 1. The first-order valence-corrected chi connectivity index (χ1v) is 11.4. The molecule has 2 aromatic heterocycles. The Hall–Kier alpha value is -2.94. The molecule has 0 fully saturated rings. The Kier molecular flexibility index (Phi) is 5.95. The Balaban J connectivity index is 1.77. The maximum absolute atomic E-state index is 13.0. The lowest BCUT2D eigenvalue weighted by molar-refractivity contribution is 0.218. The minimum atomic E-state index is -4.12. The van der Waals surface area contributed by atoms with Gasteiger partial charge in [0.1, 0.15) is 11.0 Å². The van der Waals surface area contributed by atoms with Crippen LogP contribution < -0.4 is 9.46 Å². The fraction of sp³-hybridized carbons (Fsp3) is 0.0952. The Morgan fingerprint density at radius 3 is 2.42 bits per heavy atom. The van der Waals surface area contributed by atoms with Gasteiger partial charge in [-0.15, -0.1) is 0 Å². The molecule has 0 saturated heterocycles. The number of para-hydroxylation sites is 2. The van der Waals surface area contributed by atoms with Crippen LogP contribution in [0.5, 0.6) is 5.88 Å². The molecule has 0 radical (unpaired) electrons. The van der Waals surface area contributed by atoms with Crippen LogP contribution in [0.3, 0.4) is 0 Å². The maximum atomic E-state index is 13.0. The number of nitrogens with zero attached hydrogens (tertiary/aromatic N) is 3. The highest BCUT2D eigenvalue weighted by Gasteiger charge is 2.24. The first-order chi connectivity index (χ1) is 14.8. The van der Waals surface area contributed by atoms with Crippen molar-refractivity contribution in [3.8, 4) is 5.88 Å². The van der Waals surface area contributed by atoms with Gasteiger partial charge in [0.15, 0.2) is 0 Å². The summed E-state index contributed by atoms with van der Waals surface area (Å²) < 4.78 is 34.5. The van der Waals surface area contributed by atoms with Crippen LogP contribution in [0.1, 0.15) is 18.6 Å². The molecule has 0 saturated carbocycles. The Labute approximate surface area is 189 Å². The molecule has 10 heteroatoms. The summed E-state index contributed by atoms with van der Waals surface area (Å²) in [6.45, 7) is 1.81. The molecule has 4 aromatic rings. The van der Waals surface area contributed by atoms with Crippen LogP contribution in [0.15, 0.2) is 71.9 Å². The zero-order chi connectivity index (χ0) is 22.0. The molecule has 31 heavy (non-hydrogen) atoms. The molecule has 0 aliphatic heterocycles. The van der Waals surface area contributed by atoms with E-state index in [2.05, 4.69) is 19.7 Å². The van der Waals surface area contributed by atoms with E-state index in [0.717, 1.165) is 5.56 Å². The largest absolute Gasteiger partial charge is 0.467 e. The van der Waals surface area contributed by atoms with Gasteiger partial charge < -0.3 is 4.74 Å². The summed E-state index contributed by atoms with van der Waals surface area (Å²) in [7, 11) is -4.12. The molecule has 158 valence electrons. The molecule has 2 heterocycles. The Morgan fingerprint density at radius 2 is 1.71 bits per heavy atom. The number of nitrogens with one attached hydrogen (secondary N) is 1. The van der Waals surface area contributed by atoms with Crippen LogP contribution in [0, 0.1) is 0 Å². The van der Waals surface area contributed by atoms with E-state index in [0.29, 0.717) is 11.0 Å². The van der Waals surface area contributed by atoms with Gasteiger partial charge in [0.25, 0.3) is 15.9 Å². The van der Waals surface area contributed by atoms with Gasteiger partial charge in [-0.2, -0.15) is 0 Å². The van der Waals surface area contributed by atoms with Crippen molar-refractivity contribution in [1.82, 2.24) is 15.0 Å². The van der Waals surface area contributed by atoms with E-state index in [4.69, 9.17) is 27.9 Å². The molecule has 4 rings (SSSR count). The van der Waals surface area contributed by atoms with Gasteiger partial charge in [0, 0.05) is 18.0 Å². The molecule has 0 spiro atoms. The van der Waals surface area contributed by atoms with Crippen molar-refractivity contribution in [3.63, 3.8) is 0 Å². The summed E-state index contributed by atoms with van der Waals surface area (Å²) in [5, 5.41) is 0.0346. The van der Waals surface area contributed by atoms with Crippen molar-refractivity contribution in [1.29, 1.82) is 0 Å². The molecular weight excluding hydrogens is 459 g/mol. The van der Waals surface area contributed by atoms with E-state index in [9.17, 15) is 8.42 Å². The third-order valence-corrected chi connectivity index (χ3v) is 6.73. The van der Waals surface area contributed by atoms with Crippen LogP contribution in [-0.4, -0.2) is 23.4 Å². The first-order valence-electron chi connectivity index (χ1n) is 9.15. The van der Waals surface area contributed by atoms with E-state index in [1.807, 2.05) is 6.07 Å². The zero-order valence-corrected chi connectivity index (χ0v) is 18.5. The number of hydrogen-bond donors (Lipinski definition) is 1. The van der Waals surface area contributed by atoms with Crippen LogP contribution in [0.2, 0.25) is 10.0 Å². The smallest absolute Gasteiger partial charge is 0.264 e. The van der Waals surface area contributed by atoms with Crippen LogP contribution >= 0.6 is 23.2 Å². The number of fused-ring (bicyclic) bond motifs is 1. The summed E-state index contributed by atoms with van der Waals surface area (Å²) >= 11 is 12.1. The topological polar surface area (TPSA) is 94.1 Å². The number of halogens is 2. The van der Waals surface area contributed by atoms with Crippen molar-refractivity contribution in [2.24, 2.45) is 0 Å². The predicted molar refractivity (Wildman–Crippen MR) is 120 cm³/mol. The molecule has 2 aromatic carbocycles. The van der Waals surface area contributed by atoms with E-state index >= 15 is 0 Å². The third-order valence-electron chi connectivity index (χ3n) is 4.42. The van der Waals surface area contributed by atoms with Crippen molar-refractivity contribution in [2.75, 3.05) is 4.72 Å². The predicted octanol–water partition coefficient (Wildman–Crippen LogP) is 5.27. The fourth-order valence-electron chi connectivity index (χ4n) is 2.86. The second-order valence-corrected chi connectivity index (χ2v) is 9.01. The second kappa shape index (κ2) is 8.66. The monoisotopic (exact) mass is 474 g/mol. The van der Waals surface area contributed by atoms with Crippen LogP contribution in [0.4, 0.5) is 5.82 Å². The molecule has 1 unspecified atom stereocenters. The summed E-state index contributed by atoms with van der Waals surface area (Å²) in [6.07, 6.45) is 2.86. The van der Waals surface area contributed by atoms with E-state index in [1.54, 1.807) is 49.6 Å². The minimum Gasteiger partial charge on any atom is -0.467 e. The molecule has 0 aliphatic rings. The second-order valence-electron chi connectivity index (χ2n) is 6.57. The Morgan fingerprint density at radius 1 is 0.968 bits per heavy atom. The van der Waals surface area contributed by atoms with Crippen molar-refractivity contribution in [2.45, 2.75) is 17.9 Å². The molecule has 7 nitrogen and oxygen atoms in total. The van der Waals surface area contributed by atoms with Gasteiger partial charge in [0.2, 0.25) is 5.82 Å². The first kappa shape index (κ1) is 21.3. The van der Waals surface area contributed by atoms with Gasteiger partial charge in [-0.1, -0.05) is 47.5 Å². The maximum Gasteiger partial charge on any atom is 0.264 e. The van der Waals surface area contributed by atoms with E-state index in [1.165, 1.54) is 18.2 Å².